The molecular weight excluding hydrogens is 312 g/mol. The Morgan fingerprint density at radius 2 is 2.10 bits per heavy atom. The second-order valence-corrected chi connectivity index (χ2v) is 5.99. The van der Waals surface area contributed by atoms with Crippen molar-refractivity contribution in [2.45, 2.75) is 32.7 Å². The molecule has 3 heteroatoms. The van der Waals surface area contributed by atoms with Gasteiger partial charge in [0.2, 0.25) is 0 Å². The maximum atomic E-state index is 4.29. The SMILES string of the molecule is CCCNC(Cc1cccc(Br)c1)c1ccnc(C)c1. The minimum atomic E-state index is 0.339. The van der Waals surface area contributed by atoms with Gasteiger partial charge in [0, 0.05) is 22.4 Å². The van der Waals surface area contributed by atoms with Gasteiger partial charge in [-0.1, -0.05) is 35.0 Å². The highest BCUT2D eigenvalue weighted by Gasteiger charge is 2.12. The number of nitrogens with one attached hydrogen (secondary N) is 1. The Hall–Kier alpha value is -1.19. The first-order valence-electron chi connectivity index (χ1n) is 7.09. The van der Waals surface area contributed by atoms with Crippen molar-refractivity contribution < 1.29 is 0 Å². The summed E-state index contributed by atoms with van der Waals surface area (Å²) in [6.07, 6.45) is 4.02. The van der Waals surface area contributed by atoms with Gasteiger partial charge < -0.3 is 5.32 Å². The molecule has 0 aliphatic carbocycles. The molecule has 1 aromatic heterocycles. The zero-order chi connectivity index (χ0) is 14.4. The summed E-state index contributed by atoms with van der Waals surface area (Å²) in [5.74, 6) is 0. The lowest BCUT2D eigenvalue weighted by molar-refractivity contribution is 0.528. The van der Waals surface area contributed by atoms with E-state index in [4.69, 9.17) is 0 Å². The third-order valence-corrected chi connectivity index (χ3v) is 3.79. The van der Waals surface area contributed by atoms with Gasteiger partial charge in [-0.15, -0.1) is 0 Å². The quantitative estimate of drug-likeness (QED) is 0.846. The molecule has 1 atom stereocenters. The molecule has 0 fully saturated rings. The number of aryl methyl sites for hydroxylation is 1. The van der Waals surface area contributed by atoms with Crippen molar-refractivity contribution in [3.63, 3.8) is 0 Å². The number of benzene rings is 1. The number of aromatic nitrogens is 1. The lowest BCUT2D eigenvalue weighted by Gasteiger charge is -2.19. The van der Waals surface area contributed by atoms with E-state index in [1.54, 1.807) is 0 Å². The van der Waals surface area contributed by atoms with Gasteiger partial charge in [0.05, 0.1) is 0 Å². The predicted octanol–water partition coefficient (Wildman–Crippen LogP) is 4.44. The molecule has 106 valence electrons. The Kier molecular flexibility index (Phi) is 5.74. The molecule has 2 nitrogen and oxygen atoms in total. The zero-order valence-corrected chi connectivity index (χ0v) is 13.7. The molecule has 0 aliphatic rings. The largest absolute Gasteiger partial charge is 0.310 e. The van der Waals surface area contributed by atoms with Crippen molar-refractivity contribution in [1.82, 2.24) is 10.3 Å². The van der Waals surface area contributed by atoms with Crippen molar-refractivity contribution in [2.75, 3.05) is 6.54 Å². The van der Waals surface area contributed by atoms with Gasteiger partial charge in [-0.25, -0.2) is 0 Å². The summed E-state index contributed by atoms with van der Waals surface area (Å²) in [6, 6.07) is 13.1. The van der Waals surface area contributed by atoms with Crippen LogP contribution in [-0.4, -0.2) is 11.5 Å². The van der Waals surface area contributed by atoms with Crippen LogP contribution in [0.15, 0.2) is 47.1 Å². The first-order valence-corrected chi connectivity index (χ1v) is 7.88. The standard InChI is InChI=1S/C17H21BrN2/c1-3-8-20-17(15-7-9-19-13(2)10-15)12-14-5-4-6-16(18)11-14/h4-7,9-11,17,20H,3,8,12H2,1-2H3. The minimum Gasteiger partial charge on any atom is -0.310 e. The summed E-state index contributed by atoms with van der Waals surface area (Å²) < 4.78 is 1.13. The van der Waals surface area contributed by atoms with Crippen LogP contribution in [0.5, 0.6) is 0 Å². The average Bonchev–Trinajstić information content (AvgIpc) is 2.43. The normalized spacial score (nSPS) is 12.3. The molecule has 0 saturated carbocycles. The summed E-state index contributed by atoms with van der Waals surface area (Å²) >= 11 is 3.54. The van der Waals surface area contributed by atoms with Gasteiger partial charge in [0.15, 0.2) is 0 Å². The third kappa shape index (κ3) is 4.43. The number of pyridine rings is 1. The van der Waals surface area contributed by atoms with E-state index in [2.05, 4.69) is 69.6 Å². The van der Waals surface area contributed by atoms with Crippen molar-refractivity contribution in [3.8, 4) is 0 Å². The number of halogens is 1. The van der Waals surface area contributed by atoms with Crippen LogP contribution >= 0.6 is 15.9 Å². The van der Waals surface area contributed by atoms with E-state index in [9.17, 15) is 0 Å². The monoisotopic (exact) mass is 332 g/mol. The zero-order valence-electron chi connectivity index (χ0n) is 12.1. The molecule has 1 unspecified atom stereocenters. The molecular formula is C17H21BrN2. The van der Waals surface area contributed by atoms with Gasteiger partial charge in [0.1, 0.15) is 0 Å². The van der Waals surface area contributed by atoms with Gasteiger partial charge in [-0.05, 0) is 61.7 Å². The van der Waals surface area contributed by atoms with Crippen molar-refractivity contribution >= 4 is 15.9 Å². The average molecular weight is 333 g/mol. The first-order chi connectivity index (χ1) is 9.69. The Bertz CT molecular complexity index is 554. The van der Waals surface area contributed by atoms with Crippen molar-refractivity contribution in [3.05, 3.63) is 63.9 Å². The molecule has 1 heterocycles. The first kappa shape index (κ1) is 15.2. The second-order valence-electron chi connectivity index (χ2n) is 5.07. The van der Waals surface area contributed by atoms with Crippen LogP contribution in [0.25, 0.3) is 0 Å². The fraction of sp³-hybridized carbons (Fsp3) is 0.353. The highest BCUT2D eigenvalue weighted by Crippen LogP contribution is 2.21. The molecule has 2 aromatic rings. The summed E-state index contributed by atoms with van der Waals surface area (Å²) in [5, 5.41) is 3.64. The molecule has 1 aromatic carbocycles. The van der Waals surface area contributed by atoms with Gasteiger partial charge in [-0.2, -0.15) is 0 Å². The van der Waals surface area contributed by atoms with Crippen LogP contribution < -0.4 is 5.32 Å². The molecule has 1 N–H and O–H groups in total. The summed E-state index contributed by atoms with van der Waals surface area (Å²) in [7, 11) is 0. The lowest BCUT2D eigenvalue weighted by atomic mass is 9.99. The van der Waals surface area contributed by atoms with Crippen LogP contribution in [0.1, 0.15) is 36.2 Å². The Balaban J connectivity index is 2.19. The van der Waals surface area contributed by atoms with Crippen LogP contribution in [0.3, 0.4) is 0 Å². The molecule has 0 bridgehead atoms. The molecule has 0 aliphatic heterocycles. The minimum absolute atomic E-state index is 0.339. The molecule has 0 radical (unpaired) electrons. The summed E-state index contributed by atoms with van der Waals surface area (Å²) in [4.78, 5) is 4.29. The number of nitrogens with zero attached hydrogens (tertiary/aromatic N) is 1. The molecule has 2 rings (SSSR count). The topological polar surface area (TPSA) is 24.9 Å². The molecule has 0 spiro atoms. The molecule has 0 saturated heterocycles. The predicted molar refractivity (Wildman–Crippen MR) is 87.9 cm³/mol. The maximum Gasteiger partial charge on any atom is 0.0375 e. The van der Waals surface area contributed by atoms with E-state index in [0.29, 0.717) is 6.04 Å². The Morgan fingerprint density at radius 1 is 1.25 bits per heavy atom. The lowest BCUT2D eigenvalue weighted by Crippen LogP contribution is -2.24. The van der Waals surface area contributed by atoms with E-state index in [0.717, 1.165) is 29.6 Å². The van der Waals surface area contributed by atoms with Gasteiger partial charge in [-0.3, -0.25) is 4.98 Å². The maximum absolute atomic E-state index is 4.29. The van der Waals surface area contributed by atoms with E-state index >= 15 is 0 Å². The smallest absolute Gasteiger partial charge is 0.0375 e. The number of hydrogen-bond acceptors (Lipinski definition) is 2. The molecule has 20 heavy (non-hydrogen) atoms. The van der Waals surface area contributed by atoms with Crippen LogP contribution in [0.2, 0.25) is 0 Å². The second kappa shape index (κ2) is 7.55. The fourth-order valence-corrected chi connectivity index (χ4v) is 2.76. The third-order valence-electron chi connectivity index (χ3n) is 3.29. The van der Waals surface area contributed by atoms with Crippen LogP contribution in [0, 0.1) is 6.92 Å². The van der Waals surface area contributed by atoms with E-state index < -0.39 is 0 Å². The van der Waals surface area contributed by atoms with E-state index in [1.165, 1.54) is 11.1 Å². The number of rotatable bonds is 6. The van der Waals surface area contributed by atoms with Crippen LogP contribution in [0.4, 0.5) is 0 Å². The Labute approximate surface area is 129 Å². The highest BCUT2D eigenvalue weighted by atomic mass is 79.9. The van der Waals surface area contributed by atoms with E-state index in [1.807, 2.05) is 13.1 Å². The van der Waals surface area contributed by atoms with Crippen molar-refractivity contribution in [1.29, 1.82) is 0 Å². The number of hydrogen-bond donors (Lipinski definition) is 1. The fourth-order valence-electron chi connectivity index (χ4n) is 2.31. The van der Waals surface area contributed by atoms with E-state index in [-0.39, 0.29) is 0 Å². The van der Waals surface area contributed by atoms with Gasteiger partial charge >= 0.3 is 0 Å². The van der Waals surface area contributed by atoms with Crippen molar-refractivity contribution in [2.24, 2.45) is 0 Å². The highest BCUT2D eigenvalue weighted by molar-refractivity contribution is 9.10. The Morgan fingerprint density at radius 3 is 2.80 bits per heavy atom. The van der Waals surface area contributed by atoms with Gasteiger partial charge in [0.25, 0.3) is 0 Å². The molecule has 0 amide bonds. The van der Waals surface area contributed by atoms with Crippen LogP contribution in [-0.2, 0) is 6.42 Å². The summed E-state index contributed by atoms with van der Waals surface area (Å²) in [6.45, 7) is 5.26. The summed E-state index contributed by atoms with van der Waals surface area (Å²) in [5.41, 5.74) is 3.72.